The Kier molecular flexibility index (Phi) is 8.15. The maximum Gasteiger partial charge on any atom is 0.303 e. The standard InChI is InChI=1S/C31H52O6/c1-18(2)9-8-10-19(3)23-11-12-24-26-25(14-15-29(23,24)6)30(7)16-13-22(36-20(4)32)17-31(30,35)28(34)27(26)37-21(5)33/h18-19,22-28,34-35H,8-17H2,1-7H3/t19-,22+,23-,24+,25+,26+,27-,28-,29-,30-,31+/m1/s1. The van der Waals surface area contributed by atoms with Gasteiger partial charge in [0.15, 0.2) is 0 Å². The van der Waals surface area contributed by atoms with E-state index < -0.39 is 35.3 Å². The summed E-state index contributed by atoms with van der Waals surface area (Å²) >= 11 is 0. The van der Waals surface area contributed by atoms with Gasteiger partial charge in [0.05, 0.1) is 0 Å². The predicted molar refractivity (Wildman–Crippen MR) is 142 cm³/mol. The molecule has 4 fully saturated rings. The van der Waals surface area contributed by atoms with Gasteiger partial charge in [0.25, 0.3) is 0 Å². The van der Waals surface area contributed by atoms with Gasteiger partial charge < -0.3 is 19.7 Å². The number of carbonyl (C=O) groups excluding carboxylic acids is 2. The third kappa shape index (κ3) is 4.88. The predicted octanol–water partition coefficient (Wildman–Crippen LogP) is 5.67. The molecule has 4 aliphatic rings. The minimum absolute atomic E-state index is 0.0288. The zero-order chi connectivity index (χ0) is 27.3. The van der Waals surface area contributed by atoms with Gasteiger partial charge in [-0.25, -0.2) is 0 Å². The van der Waals surface area contributed by atoms with Crippen molar-refractivity contribution in [2.24, 2.45) is 46.3 Å². The number of aliphatic hydroxyl groups is 2. The lowest BCUT2D eigenvalue weighted by molar-refractivity contribution is -0.300. The average molecular weight is 521 g/mol. The van der Waals surface area contributed by atoms with Crippen LogP contribution in [0.4, 0.5) is 0 Å². The molecule has 6 heteroatoms. The zero-order valence-electron chi connectivity index (χ0n) is 24.3. The van der Waals surface area contributed by atoms with Crippen molar-refractivity contribution in [3.8, 4) is 0 Å². The van der Waals surface area contributed by atoms with E-state index in [1.54, 1.807) is 0 Å². The van der Waals surface area contributed by atoms with Crippen LogP contribution in [0.25, 0.3) is 0 Å². The summed E-state index contributed by atoms with van der Waals surface area (Å²) in [5, 5.41) is 24.0. The van der Waals surface area contributed by atoms with Gasteiger partial charge in [-0.2, -0.15) is 0 Å². The molecule has 4 saturated carbocycles. The summed E-state index contributed by atoms with van der Waals surface area (Å²) in [5.41, 5.74) is -1.84. The SMILES string of the molecule is CC(=O)O[C@H]1CC[C@]2(C)[C@H]3CC[C@]4(C)[C@@H]([C@H](C)CCCC(C)C)CC[C@H]4[C@@H]3[C@@H](OC(C)=O)[C@@H](O)[C@@]2(O)C1. The summed E-state index contributed by atoms with van der Waals surface area (Å²) in [7, 11) is 0. The fourth-order valence-corrected chi connectivity index (χ4v) is 9.90. The molecule has 6 nitrogen and oxygen atoms in total. The quantitative estimate of drug-likeness (QED) is 0.420. The summed E-state index contributed by atoms with van der Waals surface area (Å²) < 4.78 is 11.4. The van der Waals surface area contributed by atoms with Crippen LogP contribution in [-0.2, 0) is 19.1 Å². The number of ether oxygens (including phenoxy) is 2. The van der Waals surface area contributed by atoms with E-state index in [0.29, 0.717) is 30.6 Å². The van der Waals surface area contributed by atoms with Crippen molar-refractivity contribution in [3.05, 3.63) is 0 Å². The van der Waals surface area contributed by atoms with E-state index in [-0.39, 0.29) is 29.6 Å². The summed E-state index contributed by atoms with van der Waals surface area (Å²) in [4.78, 5) is 24.0. The lowest BCUT2D eigenvalue weighted by atomic mass is 9.41. The van der Waals surface area contributed by atoms with Crippen LogP contribution >= 0.6 is 0 Å². The summed E-state index contributed by atoms with van der Waals surface area (Å²) in [6.45, 7) is 14.4. The largest absolute Gasteiger partial charge is 0.462 e. The van der Waals surface area contributed by atoms with Crippen LogP contribution in [0, 0.1) is 46.3 Å². The molecule has 0 heterocycles. The second kappa shape index (κ2) is 10.4. The molecular weight excluding hydrogens is 468 g/mol. The number of carbonyl (C=O) groups is 2. The highest BCUT2D eigenvalue weighted by Crippen LogP contribution is 2.69. The molecule has 0 amide bonds. The number of fused-ring (bicyclic) bond motifs is 5. The highest BCUT2D eigenvalue weighted by atomic mass is 16.6. The van der Waals surface area contributed by atoms with Crippen LogP contribution in [0.2, 0.25) is 0 Å². The van der Waals surface area contributed by atoms with Crippen LogP contribution in [0.1, 0.15) is 113 Å². The molecule has 0 aromatic carbocycles. The van der Waals surface area contributed by atoms with Gasteiger partial charge in [-0.05, 0) is 73.5 Å². The van der Waals surface area contributed by atoms with E-state index in [2.05, 4.69) is 34.6 Å². The molecule has 0 aromatic heterocycles. The molecule has 0 radical (unpaired) electrons. The molecule has 4 rings (SSSR count). The molecule has 0 bridgehead atoms. The highest BCUT2D eigenvalue weighted by Gasteiger charge is 2.71. The molecule has 212 valence electrons. The maximum absolute atomic E-state index is 12.3. The topological polar surface area (TPSA) is 93.1 Å². The van der Waals surface area contributed by atoms with E-state index in [1.807, 2.05) is 0 Å². The third-order valence-electron chi connectivity index (χ3n) is 11.7. The van der Waals surface area contributed by atoms with Crippen LogP contribution in [0.15, 0.2) is 0 Å². The summed E-state index contributed by atoms with van der Waals surface area (Å²) in [5.74, 6) is 1.77. The van der Waals surface area contributed by atoms with Gasteiger partial charge in [0.2, 0.25) is 0 Å². The van der Waals surface area contributed by atoms with Gasteiger partial charge in [0.1, 0.15) is 23.9 Å². The Labute approximate surface area is 224 Å². The van der Waals surface area contributed by atoms with Crippen LogP contribution in [-0.4, -0.2) is 46.1 Å². The highest BCUT2D eigenvalue weighted by molar-refractivity contribution is 5.66. The molecule has 0 spiro atoms. The summed E-state index contributed by atoms with van der Waals surface area (Å²) in [6.07, 6.45) is 7.33. The number of aliphatic hydroxyl groups excluding tert-OH is 1. The Hall–Kier alpha value is -1.14. The molecular formula is C31H52O6. The monoisotopic (exact) mass is 520 g/mol. The van der Waals surface area contributed by atoms with Crippen molar-refractivity contribution < 1.29 is 29.3 Å². The second-order valence-corrected chi connectivity index (χ2v) is 14.2. The Morgan fingerprint density at radius 1 is 0.919 bits per heavy atom. The van der Waals surface area contributed by atoms with E-state index in [0.717, 1.165) is 25.2 Å². The first-order chi connectivity index (χ1) is 17.2. The lowest BCUT2D eigenvalue weighted by Gasteiger charge is -2.67. The number of hydrogen-bond donors (Lipinski definition) is 2. The first-order valence-electron chi connectivity index (χ1n) is 15.0. The second-order valence-electron chi connectivity index (χ2n) is 14.2. The van der Waals surface area contributed by atoms with Gasteiger partial charge in [-0.1, -0.05) is 53.9 Å². The Balaban J connectivity index is 1.64. The fraction of sp³-hybridized carbons (Fsp3) is 0.935. The molecule has 0 saturated heterocycles. The maximum atomic E-state index is 12.3. The van der Waals surface area contributed by atoms with Gasteiger partial charge >= 0.3 is 11.9 Å². The Bertz CT molecular complexity index is 857. The third-order valence-corrected chi connectivity index (χ3v) is 11.7. The van der Waals surface area contributed by atoms with Crippen molar-refractivity contribution in [3.63, 3.8) is 0 Å². The average Bonchev–Trinajstić information content (AvgIpc) is 3.14. The van der Waals surface area contributed by atoms with E-state index in [1.165, 1.54) is 39.5 Å². The van der Waals surface area contributed by atoms with Crippen LogP contribution in [0.3, 0.4) is 0 Å². The lowest BCUT2D eigenvalue weighted by Crippen LogP contribution is -2.74. The van der Waals surface area contributed by atoms with Gasteiger partial charge in [-0.15, -0.1) is 0 Å². The number of rotatable bonds is 7. The van der Waals surface area contributed by atoms with Crippen LogP contribution in [0.5, 0.6) is 0 Å². The summed E-state index contributed by atoms with van der Waals surface area (Å²) in [6, 6.07) is 0. The van der Waals surface area contributed by atoms with Crippen molar-refractivity contribution in [2.75, 3.05) is 0 Å². The van der Waals surface area contributed by atoms with Crippen molar-refractivity contribution in [1.82, 2.24) is 0 Å². The fourth-order valence-electron chi connectivity index (χ4n) is 9.90. The Morgan fingerprint density at radius 3 is 2.22 bits per heavy atom. The first-order valence-corrected chi connectivity index (χ1v) is 15.0. The molecule has 37 heavy (non-hydrogen) atoms. The molecule has 4 aliphatic carbocycles. The molecule has 0 unspecified atom stereocenters. The van der Waals surface area contributed by atoms with Crippen molar-refractivity contribution in [2.45, 2.75) is 137 Å². The molecule has 0 aliphatic heterocycles. The minimum atomic E-state index is -1.47. The van der Waals surface area contributed by atoms with E-state index >= 15 is 0 Å². The van der Waals surface area contributed by atoms with Crippen molar-refractivity contribution >= 4 is 11.9 Å². The minimum Gasteiger partial charge on any atom is -0.462 e. The van der Waals surface area contributed by atoms with Gasteiger partial charge in [-0.3, -0.25) is 9.59 Å². The van der Waals surface area contributed by atoms with Crippen molar-refractivity contribution in [1.29, 1.82) is 0 Å². The smallest absolute Gasteiger partial charge is 0.303 e. The van der Waals surface area contributed by atoms with E-state index in [9.17, 15) is 19.8 Å². The first kappa shape index (κ1) is 28.9. The normalized spacial score (nSPS) is 45.9. The Morgan fingerprint density at radius 2 is 1.59 bits per heavy atom. The van der Waals surface area contributed by atoms with Crippen LogP contribution < -0.4 is 0 Å². The number of hydrogen-bond acceptors (Lipinski definition) is 6. The molecule has 11 atom stereocenters. The molecule has 2 N–H and O–H groups in total. The number of esters is 2. The van der Waals surface area contributed by atoms with Gasteiger partial charge in [0, 0.05) is 31.6 Å². The molecule has 0 aromatic rings. The zero-order valence-corrected chi connectivity index (χ0v) is 24.3. The van der Waals surface area contributed by atoms with E-state index in [4.69, 9.17) is 9.47 Å².